The van der Waals surface area contributed by atoms with Gasteiger partial charge in [0, 0.05) is 28.3 Å². The van der Waals surface area contributed by atoms with E-state index in [-0.39, 0.29) is 16.3 Å². The van der Waals surface area contributed by atoms with Gasteiger partial charge in [-0.1, -0.05) is 0 Å². The molecule has 0 unspecified atom stereocenters. The van der Waals surface area contributed by atoms with Gasteiger partial charge in [0.25, 0.3) is 11.6 Å². The highest BCUT2D eigenvalue weighted by Gasteiger charge is 2.22. The van der Waals surface area contributed by atoms with Crippen molar-refractivity contribution in [3.63, 3.8) is 0 Å². The standard InChI is InChI=1S/C18H12F2N2O5S/c1-9(17(23)21-14-4-2-11(19)8-13(14)20)27-18(24)16-7-10-6-12(22(25)26)3-5-15(10)28-16/h2-9H,1H3,(H,21,23)/t9-/m0/s1. The molecule has 0 saturated carbocycles. The number of hydrogen-bond donors (Lipinski definition) is 1. The summed E-state index contributed by atoms with van der Waals surface area (Å²) < 4.78 is 32.2. The van der Waals surface area contributed by atoms with Crippen LogP contribution >= 0.6 is 11.3 Å². The number of carbonyl (C=O) groups excluding carboxylic acids is 2. The van der Waals surface area contributed by atoms with Crippen LogP contribution in [0.25, 0.3) is 10.1 Å². The lowest BCUT2D eigenvalue weighted by molar-refractivity contribution is -0.384. The topological polar surface area (TPSA) is 98.5 Å². The van der Waals surface area contributed by atoms with Crippen LogP contribution in [0.1, 0.15) is 16.6 Å². The van der Waals surface area contributed by atoms with Gasteiger partial charge < -0.3 is 10.1 Å². The number of fused-ring (bicyclic) bond motifs is 1. The summed E-state index contributed by atoms with van der Waals surface area (Å²) in [5.74, 6) is -3.35. The Morgan fingerprint density at radius 2 is 1.93 bits per heavy atom. The smallest absolute Gasteiger partial charge is 0.349 e. The summed E-state index contributed by atoms with van der Waals surface area (Å²) in [4.78, 5) is 34.8. The zero-order valence-corrected chi connectivity index (χ0v) is 15.1. The van der Waals surface area contributed by atoms with E-state index in [0.29, 0.717) is 16.2 Å². The lowest BCUT2D eigenvalue weighted by Crippen LogP contribution is -2.30. The predicted octanol–water partition coefficient (Wildman–Crippen LogP) is 4.27. The molecule has 0 saturated heterocycles. The molecule has 1 atom stereocenters. The van der Waals surface area contributed by atoms with Crippen molar-refractivity contribution in [3.8, 4) is 0 Å². The molecular weight excluding hydrogens is 394 g/mol. The maximum atomic E-state index is 13.6. The molecule has 0 aliphatic heterocycles. The highest BCUT2D eigenvalue weighted by molar-refractivity contribution is 7.20. The van der Waals surface area contributed by atoms with Crippen LogP contribution in [0, 0.1) is 21.7 Å². The number of amides is 1. The lowest BCUT2D eigenvalue weighted by atomic mass is 10.2. The molecule has 0 bridgehead atoms. The number of esters is 1. The third-order valence-electron chi connectivity index (χ3n) is 3.75. The fraction of sp³-hybridized carbons (Fsp3) is 0.111. The van der Waals surface area contributed by atoms with Gasteiger partial charge in [-0.05, 0) is 31.2 Å². The van der Waals surface area contributed by atoms with E-state index < -0.39 is 34.5 Å². The molecule has 0 fully saturated rings. The molecule has 0 radical (unpaired) electrons. The van der Waals surface area contributed by atoms with Crippen molar-refractivity contribution < 1.29 is 28.0 Å². The Labute approximate surface area is 160 Å². The minimum absolute atomic E-state index is 0.112. The first-order chi connectivity index (χ1) is 13.2. The Hall–Kier alpha value is -3.40. The van der Waals surface area contributed by atoms with Gasteiger partial charge in [-0.15, -0.1) is 11.3 Å². The molecule has 144 valence electrons. The van der Waals surface area contributed by atoms with Crippen LogP contribution in [0.3, 0.4) is 0 Å². The van der Waals surface area contributed by atoms with Crippen LogP contribution in [-0.2, 0) is 9.53 Å². The van der Waals surface area contributed by atoms with Crippen LogP contribution in [0.15, 0.2) is 42.5 Å². The molecule has 1 N–H and O–H groups in total. The van der Waals surface area contributed by atoms with Crippen LogP contribution in [0.2, 0.25) is 0 Å². The van der Waals surface area contributed by atoms with Gasteiger partial charge in [0.2, 0.25) is 0 Å². The Morgan fingerprint density at radius 3 is 2.61 bits per heavy atom. The van der Waals surface area contributed by atoms with Crippen molar-refractivity contribution in [2.75, 3.05) is 5.32 Å². The summed E-state index contributed by atoms with van der Waals surface area (Å²) in [6.45, 7) is 1.30. The van der Waals surface area contributed by atoms with E-state index in [2.05, 4.69) is 5.32 Å². The first-order valence-electron chi connectivity index (χ1n) is 7.89. The van der Waals surface area contributed by atoms with Gasteiger partial charge in [-0.3, -0.25) is 14.9 Å². The van der Waals surface area contributed by atoms with E-state index in [9.17, 15) is 28.5 Å². The van der Waals surface area contributed by atoms with Crippen LogP contribution in [0.4, 0.5) is 20.2 Å². The van der Waals surface area contributed by atoms with Crippen LogP contribution in [-0.4, -0.2) is 22.9 Å². The van der Waals surface area contributed by atoms with E-state index in [1.807, 2.05) is 0 Å². The number of anilines is 1. The number of benzene rings is 2. The third-order valence-corrected chi connectivity index (χ3v) is 4.85. The molecule has 0 aliphatic rings. The molecule has 28 heavy (non-hydrogen) atoms. The SMILES string of the molecule is C[C@H](OC(=O)c1cc2cc([N+](=O)[O-])ccc2s1)C(=O)Nc1ccc(F)cc1F. The van der Waals surface area contributed by atoms with E-state index in [0.717, 1.165) is 23.5 Å². The van der Waals surface area contributed by atoms with Gasteiger partial charge >= 0.3 is 5.97 Å². The number of thiophene rings is 1. The second kappa shape index (κ2) is 7.69. The fourth-order valence-electron chi connectivity index (χ4n) is 2.34. The number of nitro benzene ring substituents is 1. The normalized spacial score (nSPS) is 11.8. The van der Waals surface area contributed by atoms with Crippen molar-refractivity contribution >= 4 is 44.7 Å². The zero-order valence-electron chi connectivity index (χ0n) is 14.3. The predicted molar refractivity (Wildman–Crippen MR) is 98.3 cm³/mol. The second-order valence-electron chi connectivity index (χ2n) is 5.75. The van der Waals surface area contributed by atoms with Gasteiger partial charge in [-0.2, -0.15) is 0 Å². The lowest BCUT2D eigenvalue weighted by Gasteiger charge is -2.13. The molecule has 1 amide bonds. The van der Waals surface area contributed by atoms with Crippen molar-refractivity contribution in [2.45, 2.75) is 13.0 Å². The quantitative estimate of drug-likeness (QED) is 0.388. The van der Waals surface area contributed by atoms with Gasteiger partial charge in [0.05, 0.1) is 10.6 Å². The monoisotopic (exact) mass is 406 g/mol. The fourth-order valence-corrected chi connectivity index (χ4v) is 3.27. The maximum Gasteiger partial charge on any atom is 0.349 e. The minimum Gasteiger partial charge on any atom is -0.448 e. The molecular formula is C18H12F2N2O5S. The molecule has 1 heterocycles. The molecule has 1 aromatic heterocycles. The molecule has 0 aliphatic carbocycles. The van der Waals surface area contributed by atoms with Crippen LogP contribution in [0.5, 0.6) is 0 Å². The summed E-state index contributed by atoms with van der Waals surface area (Å²) in [6, 6.07) is 8.24. The number of halogens is 2. The third kappa shape index (κ3) is 4.12. The number of carbonyl (C=O) groups is 2. The molecule has 0 spiro atoms. The number of hydrogen-bond acceptors (Lipinski definition) is 6. The van der Waals surface area contributed by atoms with Crippen molar-refractivity contribution in [3.05, 3.63) is 69.1 Å². The number of nitrogens with one attached hydrogen (secondary N) is 1. The number of nitro groups is 1. The molecule has 3 rings (SSSR count). The highest BCUT2D eigenvalue weighted by Crippen LogP contribution is 2.29. The van der Waals surface area contributed by atoms with E-state index in [1.165, 1.54) is 31.2 Å². The Balaban J connectivity index is 1.70. The average Bonchev–Trinajstić information content (AvgIpc) is 3.07. The number of ether oxygens (including phenoxy) is 1. The van der Waals surface area contributed by atoms with Crippen molar-refractivity contribution in [1.29, 1.82) is 0 Å². The molecule has 3 aromatic rings. The maximum absolute atomic E-state index is 13.6. The highest BCUT2D eigenvalue weighted by atomic mass is 32.1. The van der Waals surface area contributed by atoms with E-state index in [1.54, 1.807) is 0 Å². The van der Waals surface area contributed by atoms with Crippen LogP contribution < -0.4 is 5.32 Å². The Bertz CT molecular complexity index is 1100. The van der Waals surface area contributed by atoms with E-state index >= 15 is 0 Å². The van der Waals surface area contributed by atoms with Gasteiger partial charge in [0.1, 0.15) is 16.5 Å². The summed E-state index contributed by atoms with van der Waals surface area (Å²) in [5, 5.41) is 13.5. The first kappa shape index (κ1) is 19.4. The van der Waals surface area contributed by atoms with Gasteiger partial charge in [-0.25, -0.2) is 13.6 Å². The summed E-state index contributed by atoms with van der Waals surface area (Å²) in [7, 11) is 0. The molecule has 7 nitrogen and oxygen atoms in total. The number of nitrogens with zero attached hydrogens (tertiary/aromatic N) is 1. The average molecular weight is 406 g/mol. The van der Waals surface area contributed by atoms with Crippen molar-refractivity contribution in [2.24, 2.45) is 0 Å². The number of rotatable bonds is 5. The molecule has 2 aromatic carbocycles. The second-order valence-corrected chi connectivity index (χ2v) is 6.83. The largest absolute Gasteiger partial charge is 0.448 e. The zero-order chi connectivity index (χ0) is 20.4. The van der Waals surface area contributed by atoms with E-state index in [4.69, 9.17) is 4.74 Å². The minimum atomic E-state index is -1.25. The molecule has 10 heteroatoms. The number of non-ortho nitro benzene ring substituents is 1. The van der Waals surface area contributed by atoms with Gasteiger partial charge in [0.15, 0.2) is 6.10 Å². The first-order valence-corrected chi connectivity index (χ1v) is 8.71. The van der Waals surface area contributed by atoms with Crippen molar-refractivity contribution in [1.82, 2.24) is 0 Å². The summed E-state index contributed by atoms with van der Waals surface area (Å²) in [6.07, 6.45) is -1.25. The summed E-state index contributed by atoms with van der Waals surface area (Å²) in [5.41, 5.74) is -0.359. The summed E-state index contributed by atoms with van der Waals surface area (Å²) >= 11 is 1.06. The Kier molecular flexibility index (Phi) is 5.32. The Morgan fingerprint density at radius 1 is 1.18 bits per heavy atom.